The monoisotopic (exact) mass is 414 g/mol. The Bertz CT molecular complexity index is 1050. The molecule has 0 unspecified atom stereocenters. The van der Waals surface area contributed by atoms with Crippen molar-refractivity contribution in [3.8, 4) is 17.5 Å². The van der Waals surface area contributed by atoms with E-state index in [1.54, 1.807) is 18.2 Å². The van der Waals surface area contributed by atoms with Gasteiger partial charge in [-0.25, -0.2) is 4.98 Å². The summed E-state index contributed by atoms with van der Waals surface area (Å²) in [7, 11) is 2.17. The third-order valence-electron chi connectivity index (χ3n) is 6.03. The van der Waals surface area contributed by atoms with E-state index in [-0.39, 0.29) is 5.91 Å². The van der Waals surface area contributed by atoms with Crippen LogP contribution in [0.4, 0.5) is 0 Å². The average Bonchev–Trinajstić information content (AvgIpc) is 3.37. The Morgan fingerprint density at radius 1 is 1.23 bits per heavy atom. The van der Waals surface area contributed by atoms with Gasteiger partial charge in [-0.1, -0.05) is 30.3 Å². The van der Waals surface area contributed by atoms with E-state index in [4.69, 9.17) is 0 Å². The minimum Gasteiger partial charge on any atom is -0.339 e. The lowest BCUT2D eigenvalue weighted by molar-refractivity contribution is 0.0647. The molecule has 1 aliphatic rings. The van der Waals surface area contributed by atoms with Gasteiger partial charge in [0.2, 0.25) is 0 Å². The Balaban J connectivity index is 1.34. The van der Waals surface area contributed by atoms with Crippen LogP contribution in [-0.2, 0) is 6.42 Å². The molecular weight excluding hydrogens is 388 g/mol. The van der Waals surface area contributed by atoms with Crippen LogP contribution >= 0.6 is 0 Å². The maximum Gasteiger partial charge on any atom is 0.253 e. The molecule has 7 nitrogen and oxygen atoms in total. The first-order valence-electron chi connectivity index (χ1n) is 10.6. The van der Waals surface area contributed by atoms with Crippen LogP contribution in [0.1, 0.15) is 34.3 Å². The Morgan fingerprint density at radius 2 is 2.00 bits per heavy atom. The molecule has 0 aliphatic carbocycles. The summed E-state index contributed by atoms with van der Waals surface area (Å²) in [6, 6.07) is 18.4. The van der Waals surface area contributed by atoms with E-state index in [1.165, 1.54) is 11.9 Å². The lowest BCUT2D eigenvalue weighted by Crippen LogP contribution is -2.46. The number of amides is 1. The summed E-state index contributed by atoms with van der Waals surface area (Å²) < 4.78 is 0. The van der Waals surface area contributed by atoms with Crippen LogP contribution in [0.25, 0.3) is 11.4 Å². The molecule has 1 amide bonds. The number of piperidine rings is 1. The van der Waals surface area contributed by atoms with Crippen LogP contribution in [0.15, 0.2) is 54.9 Å². The number of carbonyl (C=O) groups is 1. The highest BCUT2D eigenvalue weighted by Crippen LogP contribution is 2.23. The predicted octanol–water partition coefficient (Wildman–Crippen LogP) is 3.12. The van der Waals surface area contributed by atoms with Crippen LogP contribution in [-0.4, -0.2) is 63.6 Å². The maximum atomic E-state index is 13.0. The fourth-order valence-electron chi connectivity index (χ4n) is 4.14. The molecule has 1 N–H and O–H groups in total. The van der Waals surface area contributed by atoms with Gasteiger partial charge in [0.15, 0.2) is 5.82 Å². The lowest BCUT2D eigenvalue weighted by atomic mass is 10.00. The first kappa shape index (κ1) is 20.8. The smallest absolute Gasteiger partial charge is 0.253 e. The summed E-state index contributed by atoms with van der Waals surface area (Å²) in [4.78, 5) is 21.4. The molecule has 0 atom stereocenters. The number of benzene rings is 2. The SMILES string of the molecule is CN(CCc1ccccc1)C1CCN(C(=O)c2ccc(-c3ncn[nH]3)c(C#N)c2)CC1. The van der Waals surface area contributed by atoms with E-state index in [0.29, 0.717) is 28.6 Å². The Labute approximate surface area is 182 Å². The molecule has 3 aromatic rings. The number of rotatable bonds is 6. The fourth-order valence-corrected chi connectivity index (χ4v) is 4.14. The van der Waals surface area contributed by atoms with E-state index in [2.05, 4.69) is 57.5 Å². The van der Waals surface area contributed by atoms with Crippen LogP contribution < -0.4 is 0 Å². The van der Waals surface area contributed by atoms with Crippen molar-refractivity contribution < 1.29 is 4.79 Å². The molecule has 0 saturated carbocycles. The van der Waals surface area contributed by atoms with E-state index in [1.807, 2.05) is 11.0 Å². The number of hydrogen-bond acceptors (Lipinski definition) is 5. The number of likely N-dealkylation sites (N-methyl/N-ethyl adjacent to an activating group) is 1. The molecule has 1 aromatic heterocycles. The van der Waals surface area contributed by atoms with Gasteiger partial charge in [-0.2, -0.15) is 10.4 Å². The second-order valence-corrected chi connectivity index (χ2v) is 7.95. The highest BCUT2D eigenvalue weighted by Gasteiger charge is 2.26. The number of aromatic amines is 1. The third kappa shape index (κ3) is 4.81. The largest absolute Gasteiger partial charge is 0.339 e. The van der Waals surface area contributed by atoms with Gasteiger partial charge in [0.25, 0.3) is 5.91 Å². The highest BCUT2D eigenvalue weighted by atomic mass is 16.2. The van der Waals surface area contributed by atoms with E-state index in [9.17, 15) is 10.1 Å². The molecule has 4 rings (SSSR count). The maximum absolute atomic E-state index is 13.0. The Morgan fingerprint density at radius 3 is 2.68 bits per heavy atom. The topological polar surface area (TPSA) is 88.9 Å². The zero-order valence-electron chi connectivity index (χ0n) is 17.7. The van der Waals surface area contributed by atoms with Crippen molar-refractivity contribution in [2.45, 2.75) is 25.3 Å². The van der Waals surface area contributed by atoms with Gasteiger partial charge in [-0.15, -0.1) is 0 Å². The van der Waals surface area contributed by atoms with Crippen LogP contribution in [0.3, 0.4) is 0 Å². The first-order chi connectivity index (χ1) is 15.2. The van der Waals surface area contributed by atoms with Gasteiger partial charge in [-0.05, 0) is 50.1 Å². The summed E-state index contributed by atoms with van der Waals surface area (Å²) >= 11 is 0. The Kier molecular flexibility index (Phi) is 6.39. The number of H-pyrrole nitrogens is 1. The Hall–Kier alpha value is -3.50. The van der Waals surface area contributed by atoms with Crippen LogP contribution in [0.2, 0.25) is 0 Å². The second kappa shape index (κ2) is 9.54. The quantitative estimate of drug-likeness (QED) is 0.669. The summed E-state index contributed by atoms with van der Waals surface area (Å²) in [6.07, 6.45) is 4.35. The van der Waals surface area contributed by atoms with Gasteiger partial charge in [0.1, 0.15) is 6.33 Å². The summed E-state index contributed by atoms with van der Waals surface area (Å²) in [5.74, 6) is 0.501. The predicted molar refractivity (Wildman–Crippen MR) is 118 cm³/mol. The molecule has 0 spiro atoms. The summed E-state index contributed by atoms with van der Waals surface area (Å²) in [6.45, 7) is 2.47. The van der Waals surface area contributed by atoms with E-state index in [0.717, 1.165) is 38.9 Å². The number of likely N-dealkylation sites (tertiary alicyclic amines) is 1. The second-order valence-electron chi connectivity index (χ2n) is 7.95. The highest BCUT2D eigenvalue weighted by molar-refractivity contribution is 5.95. The molecule has 2 aromatic carbocycles. The summed E-state index contributed by atoms with van der Waals surface area (Å²) in [5, 5.41) is 16.1. The normalized spacial score (nSPS) is 14.5. The van der Waals surface area contributed by atoms with Crippen molar-refractivity contribution in [1.29, 1.82) is 5.26 Å². The summed E-state index contributed by atoms with van der Waals surface area (Å²) in [5.41, 5.74) is 2.95. The zero-order chi connectivity index (χ0) is 21.6. The number of hydrogen-bond donors (Lipinski definition) is 1. The fraction of sp³-hybridized carbons (Fsp3) is 0.333. The van der Waals surface area contributed by atoms with Gasteiger partial charge in [0, 0.05) is 36.8 Å². The molecule has 0 radical (unpaired) electrons. The minimum absolute atomic E-state index is 0.0222. The molecule has 7 heteroatoms. The van der Waals surface area contributed by atoms with E-state index < -0.39 is 0 Å². The zero-order valence-corrected chi connectivity index (χ0v) is 17.7. The lowest BCUT2D eigenvalue weighted by Gasteiger charge is -2.37. The third-order valence-corrected chi connectivity index (χ3v) is 6.03. The molecule has 158 valence electrons. The number of carbonyl (C=O) groups excluding carboxylic acids is 1. The van der Waals surface area contributed by atoms with Crippen molar-refractivity contribution in [2.75, 3.05) is 26.7 Å². The molecule has 1 aliphatic heterocycles. The average molecular weight is 415 g/mol. The molecule has 1 saturated heterocycles. The first-order valence-corrected chi connectivity index (χ1v) is 10.6. The minimum atomic E-state index is -0.0222. The molecule has 0 bridgehead atoms. The molecule has 1 fully saturated rings. The van der Waals surface area contributed by atoms with Crippen molar-refractivity contribution in [1.82, 2.24) is 25.0 Å². The number of nitriles is 1. The van der Waals surface area contributed by atoms with Gasteiger partial charge in [0.05, 0.1) is 11.6 Å². The standard InChI is InChI=1S/C24H26N6O/c1-29(12-9-18-5-3-2-4-6-18)21-10-13-30(14-11-21)24(31)19-7-8-22(20(15-19)16-25)23-26-17-27-28-23/h2-8,15,17,21H,9-14H2,1H3,(H,26,27,28). The number of nitrogens with zero attached hydrogens (tertiary/aromatic N) is 5. The molecule has 2 heterocycles. The van der Waals surface area contributed by atoms with Crippen LogP contribution in [0, 0.1) is 11.3 Å². The van der Waals surface area contributed by atoms with Gasteiger partial charge in [-0.3, -0.25) is 9.89 Å². The van der Waals surface area contributed by atoms with Crippen LogP contribution in [0.5, 0.6) is 0 Å². The van der Waals surface area contributed by atoms with Crippen molar-refractivity contribution >= 4 is 5.91 Å². The van der Waals surface area contributed by atoms with Crippen molar-refractivity contribution in [3.63, 3.8) is 0 Å². The molecular formula is C24H26N6O. The van der Waals surface area contributed by atoms with E-state index >= 15 is 0 Å². The van der Waals surface area contributed by atoms with Crippen molar-refractivity contribution in [2.24, 2.45) is 0 Å². The number of aromatic nitrogens is 3. The number of nitrogens with one attached hydrogen (secondary N) is 1. The molecule has 31 heavy (non-hydrogen) atoms. The van der Waals surface area contributed by atoms with Crippen molar-refractivity contribution in [3.05, 3.63) is 71.5 Å². The van der Waals surface area contributed by atoms with Gasteiger partial charge >= 0.3 is 0 Å². The van der Waals surface area contributed by atoms with Gasteiger partial charge < -0.3 is 9.80 Å².